The van der Waals surface area contributed by atoms with E-state index in [-0.39, 0.29) is 0 Å². The van der Waals surface area contributed by atoms with E-state index in [1.54, 1.807) is 0 Å². The summed E-state index contributed by atoms with van der Waals surface area (Å²) >= 11 is 11.1. The van der Waals surface area contributed by atoms with Crippen molar-refractivity contribution in [1.29, 1.82) is 5.41 Å². The van der Waals surface area contributed by atoms with Crippen LogP contribution in [0, 0.1) is 11.3 Å². The molecule has 0 bridgehead atoms. The lowest BCUT2D eigenvalue weighted by molar-refractivity contribution is -0.140. The van der Waals surface area contributed by atoms with Gasteiger partial charge in [0.1, 0.15) is 5.38 Å². The molecule has 0 aromatic heterocycles. The first-order valence-corrected chi connectivity index (χ1v) is 8.74. The van der Waals surface area contributed by atoms with E-state index >= 15 is 0 Å². The van der Waals surface area contributed by atoms with Crippen molar-refractivity contribution in [3.05, 3.63) is 34.3 Å². The van der Waals surface area contributed by atoms with Crippen molar-refractivity contribution >= 4 is 50.3 Å². The van der Waals surface area contributed by atoms with Crippen molar-refractivity contribution in [3.63, 3.8) is 0 Å². The van der Waals surface area contributed by atoms with Crippen LogP contribution in [0.25, 0.3) is 0 Å². The van der Waals surface area contributed by atoms with E-state index in [2.05, 4.69) is 22.9 Å². The molecule has 0 amide bonds. The second-order valence-electron chi connectivity index (χ2n) is 5.09. The van der Waals surface area contributed by atoms with Crippen molar-refractivity contribution < 1.29 is 9.53 Å². The lowest BCUT2D eigenvalue weighted by Gasteiger charge is -2.21. The van der Waals surface area contributed by atoms with Crippen LogP contribution in [0.1, 0.15) is 25.3 Å². The molecule has 3 nitrogen and oxygen atoms in total. The van der Waals surface area contributed by atoms with Gasteiger partial charge in [-0.25, -0.2) is 0 Å². The van der Waals surface area contributed by atoms with Gasteiger partial charge in [0.2, 0.25) is 0 Å². The number of thioether (sulfide) groups is 1. The zero-order valence-corrected chi connectivity index (χ0v) is 15.0. The van der Waals surface area contributed by atoms with Crippen LogP contribution >= 0.6 is 39.3 Å². The van der Waals surface area contributed by atoms with Gasteiger partial charge < -0.3 is 4.74 Å². The van der Waals surface area contributed by atoms with Crippen LogP contribution in [0.3, 0.4) is 0 Å². The molecule has 0 heterocycles. The van der Waals surface area contributed by atoms with Gasteiger partial charge in [-0.15, -0.1) is 11.6 Å². The average Bonchev–Trinajstić information content (AvgIpc) is 3.20. The van der Waals surface area contributed by atoms with E-state index in [0.29, 0.717) is 11.0 Å². The first kappa shape index (κ1) is 16.8. The molecule has 0 radical (unpaired) electrons. The van der Waals surface area contributed by atoms with Crippen molar-refractivity contribution in [1.82, 2.24) is 0 Å². The Bertz CT molecular complexity index is 551. The van der Waals surface area contributed by atoms with Gasteiger partial charge in [0, 0.05) is 10.0 Å². The first-order valence-electron chi connectivity index (χ1n) is 6.70. The van der Waals surface area contributed by atoms with Crippen LogP contribution in [-0.2, 0) is 9.53 Å². The van der Waals surface area contributed by atoms with Gasteiger partial charge in [-0.3, -0.25) is 10.2 Å². The Kier molecular flexibility index (Phi) is 5.38. The third-order valence-electron chi connectivity index (χ3n) is 3.82. The highest BCUT2D eigenvalue weighted by Crippen LogP contribution is 2.60. The van der Waals surface area contributed by atoms with Gasteiger partial charge >= 0.3 is 5.97 Å². The number of hydrogen-bond donors (Lipinski definition) is 1. The largest absolute Gasteiger partial charge is 0.468 e. The van der Waals surface area contributed by atoms with Gasteiger partial charge in [0.25, 0.3) is 0 Å². The summed E-state index contributed by atoms with van der Waals surface area (Å²) < 4.78 is 5.34. The normalized spacial score (nSPS) is 25.2. The standard InChI is InChI=1S/C15H17BrClNO2S/c1-3-10-8-15(10,12(17)14(19)20-2)21-13(18)9-4-6-11(16)7-5-9/h4-7,10,12,18H,3,8H2,1-2H3. The summed E-state index contributed by atoms with van der Waals surface area (Å²) in [6.45, 7) is 2.08. The predicted octanol–water partition coefficient (Wildman–Crippen LogP) is 4.46. The third-order valence-corrected chi connectivity index (χ3v) is 6.61. The highest BCUT2D eigenvalue weighted by atomic mass is 79.9. The fourth-order valence-corrected chi connectivity index (χ4v) is 4.66. The molecule has 1 aliphatic carbocycles. The molecule has 0 saturated heterocycles. The molecule has 1 aliphatic rings. The van der Waals surface area contributed by atoms with Crippen molar-refractivity contribution in [2.45, 2.75) is 29.9 Å². The molecule has 21 heavy (non-hydrogen) atoms. The predicted molar refractivity (Wildman–Crippen MR) is 91.3 cm³/mol. The minimum atomic E-state index is -0.715. The van der Waals surface area contributed by atoms with Gasteiger partial charge in [0.15, 0.2) is 0 Å². The minimum Gasteiger partial charge on any atom is -0.468 e. The summed E-state index contributed by atoms with van der Waals surface area (Å²) in [6, 6.07) is 7.58. The molecule has 2 rings (SSSR count). The monoisotopic (exact) mass is 389 g/mol. The molecule has 0 aliphatic heterocycles. The topological polar surface area (TPSA) is 50.2 Å². The Labute approximate surface area is 142 Å². The molecule has 0 spiro atoms. The molecule has 114 valence electrons. The van der Waals surface area contributed by atoms with Gasteiger partial charge in [-0.05, 0) is 24.5 Å². The molecule has 3 unspecified atom stereocenters. The number of esters is 1. The molecule has 1 fully saturated rings. The lowest BCUT2D eigenvalue weighted by atomic mass is 10.2. The highest BCUT2D eigenvalue weighted by Gasteiger charge is 2.61. The van der Waals surface area contributed by atoms with Crippen molar-refractivity contribution in [2.24, 2.45) is 5.92 Å². The summed E-state index contributed by atoms with van der Waals surface area (Å²) in [5.41, 5.74) is 0.832. The number of rotatable bonds is 5. The Morgan fingerprint density at radius 1 is 1.57 bits per heavy atom. The minimum absolute atomic E-state index is 0.347. The van der Waals surface area contributed by atoms with Crippen LogP contribution in [0.4, 0.5) is 0 Å². The van der Waals surface area contributed by atoms with E-state index in [1.807, 2.05) is 24.3 Å². The summed E-state index contributed by atoms with van der Waals surface area (Å²) in [5.74, 6) is -0.0661. The molecular weight excluding hydrogens is 374 g/mol. The summed E-state index contributed by atoms with van der Waals surface area (Å²) in [7, 11) is 1.35. The summed E-state index contributed by atoms with van der Waals surface area (Å²) in [4.78, 5) is 11.8. The SMILES string of the molecule is CCC1CC1(SC(=N)c1ccc(Br)cc1)C(Cl)C(=O)OC. The maximum atomic E-state index is 11.8. The fraction of sp³-hybridized carbons (Fsp3) is 0.467. The number of ether oxygens (including phenoxy) is 1. The number of methoxy groups -OCH3 is 1. The zero-order chi connectivity index (χ0) is 15.6. The number of nitrogens with one attached hydrogen (secondary N) is 1. The Morgan fingerprint density at radius 2 is 2.19 bits per heavy atom. The van der Waals surface area contributed by atoms with Gasteiger partial charge in [0.05, 0.1) is 16.9 Å². The number of alkyl halides is 1. The van der Waals surface area contributed by atoms with Gasteiger partial charge in [-0.1, -0.05) is 53.2 Å². The first-order chi connectivity index (χ1) is 9.94. The second-order valence-corrected chi connectivity index (χ2v) is 7.81. The lowest BCUT2D eigenvalue weighted by Crippen LogP contribution is -2.32. The van der Waals surface area contributed by atoms with Crippen LogP contribution in [0.2, 0.25) is 0 Å². The number of hydrogen-bond acceptors (Lipinski definition) is 4. The summed E-state index contributed by atoms with van der Waals surface area (Å²) in [6.07, 6.45) is 1.79. The highest BCUT2D eigenvalue weighted by molar-refractivity contribution is 9.10. The van der Waals surface area contributed by atoms with E-state index in [9.17, 15) is 4.79 Å². The summed E-state index contributed by atoms with van der Waals surface area (Å²) in [5, 5.41) is 8.01. The fourth-order valence-electron chi connectivity index (χ4n) is 2.46. The maximum Gasteiger partial charge on any atom is 0.325 e. The Hall–Kier alpha value is -0.520. The Balaban J connectivity index is 2.16. The van der Waals surface area contributed by atoms with Gasteiger partial charge in [-0.2, -0.15) is 0 Å². The van der Waals surface area contributed by atoms with Crippen molar-refractivity contribution in [2.75, 3.05) is 7.11 Å². The van der Waals surface area contributed by atoms with E-state index < -0.39 is 16.1 Å². The average molecular weight is 391 g/mol. The molecule has 6 heteroatoms. The van der Waals surface area contributed by atoms with Crippen LogP contribution in [0.15, 0.2) is 28.7 Å². The molecule has 3 atom stereocenters. The maximum absolute atomic E-state index is 11.8. The van der Waals surface area contributed by atoms with E-state index in [1.165, 1.54) is 18.9 Å². The molecule has 1 aromatic carbocycles. The van der Waals surface area contributed by atoms with E-state index in [4.69, 9.17) is 21.7 Å². The Morgan fingerprint density at radius 3 is 2.67 bits per heavy atom. The third kappa shape index (κ3) is 3.46. The molecule has 1 aromatic rings. The number of benzene rings is 1. The van der Waals surface area contributed by atoms with Crippen molar-refractivity contribution in [3.8, 4) is 0 Å². The smallest absolute Gasteiger partial charge is 0.325 e. The van der Waals surface area contributed by atoms with Crippen LogP contribution in [-0.4, -0.2) is 28.2 Å². The molecule has 1 saturated carbocycles. The number of carbonyl (C=O) groups excluding carboxylic acids is 1. The van der Waals surface area contributed by atoms with Crippen LogP contribution < -0.4 is 0 Å². The quantitative estimate of drug-likeness (QED) is 0.349. The van der Waals surface area contributed by atoms with E-state index in [0.717, 1.165) is 22.9 Å². The second kappa shape index (κ2) is 6.71. The number of halogens is 2. The molecule has 1 N–H and O–H groups in total. The van der Waals surface area contributed by atoms with Crippen LogP contribution in [0.5, 0.6) is 0 Å². The zero-order valence-electron chi connectivity index (χ0n) is 11.9. The molecular formula is C15H17BrClNO2S. The number of carbonyl (C=O) groups is 1.